The SMILES string of the molecule is CN(C)c1cc2cc(-c3cccc(S(N)(=O)=O)c3)ccc2o1.Cl. The van der Waals surface area contributed by atoms with Crippen LogP contribution in [0.4, 0.5) is 5.88 Å². The van der Waals surface area contributed by atoms with Crippen molar-refractivity contribution in [3.8, 4) is 11.1 Å². The van der Waals surface area contributed by atoms with Crippen LogP contribution in [-0.2, 0) is 10.0 Å². The standard InChI is InChI=1S/C16H16N2O3S.ClH/c1-18(2)16-10-13-8-12(6-7-15(13)21-16)11-4-3-5-14(9-11)22(17,19)20;/h3-10H,1-2H3,(H2,17,19,20);1H. The number of nitrogens with zero attached hydrogens (tertiary/aromatic N) is 1. The number of fused-ring (bicyclic) bond motifs is 1. The summed E-state index contributed by atoms with van der Waals surface area (Å²) >= 11 is 0. The van der Waals surface area contributed by atoms with Crippen molar-refractivity contribution in [2.24, 2.45) is 5.14 Å². The van der Waals surface area contributed by atoms with Crippen molar-refractivity contribution >= 4 is 39.3 Å². The monoisotopic (exact) mass is 352 g/mol. The van der Waals surface area contributed by atoms with Crippen LogP contribution in [0, 0.1) is 0 Å². The van der Waals surface area contributed by atoms with Gasteiger partial charge in [0.2, 0.25) is 10.0 Å². The Hall–Kier alpha value is -2.02. The molecule has 0 aliphatic rings. The summed E-state index contributed by atoms with van der Waals surface area (Å²) < 4.78 is 28.6. The molecule has 122 valence electrons. The van der Waals surface area contributed by atoms with E-state index in [1.165, 1.54) is 6.07 Å². The van der Waals surface area contributed by atoms with Gasteiger partial charge in [-0.1, -0.05) is 18.2 Å². The molecular weight excluding hydrogens is 336 g/mol. The average Bonchev–Trinajstić information content (AvgIpc) is 2.89. The molecule has 0 radical (unpaired) electrons. The van der Waals surface area contributed by atoms with Crippen molar-refractivity contribution < 1.29 is 12.8 Å². The van der Waals surface area contributed by atoms with Gasteiger partial charge in [0.1, 0.15) is 5.58 Å². The lowest BCUT2D eigenvalue weighted by Gasteiger charge is -2.05. The van der Waals surface area contributed by atoms with Crippen molar-refractivity contribution in [2.75, 3.05) is 19.0 Å². The van der Waals surface area contributed by atoms with E-state index in [-0.39, 0.29) is 17.3 Å². The fourth-order valence-corrected chi connectivity index (χ4v) is 2.84. The minimum atomic E-state index is -3.71. The second kappa shape index (κ2) is 6.23. The first-order valence-corrected chi connectivity index (χ1v) is 8.23. The van der Waals surface area contributed by atoms with Crippen molar-refractivity contribution in [1.29, 1.82) is 0 Å². The number of halogens is 1. The van der Waals surface area contributed by atoms with Crippen LogP contribution >= 0.6 is 12.4 Å². The summed E-state index contributed by atoms with van der Waals surface area (Å²) in [6.07, 6.45) is 0. The molecule has 0 fully saturated rings. The lowest BCUT2D eigenvalue weighted by molar-refractivity contribution is 0.598. The second-order valence-electron chi connectivity index (χ2n) is 5.30. The first kappa shape index (κ1) is 17.3. The Morgan fingerprint density at radius 3 is 2.35 bits per heavy atom. The van der Waals surface area contributed by atoms with Crippen LogP contribution in [0.3, 0.4) is 0 Å². The Balaban J connectivity index is 0.00000192. The van der Waals surface area contributed by atoms with Crippen molar-refractivity contribution in [3.63, 3.8) is 0 Å². The maximum Gasteiger partial charge on any atom is 0.238 e. The van der Waals surface area contributed by atoms with Crippen LogP contribution in [0.2, 0.25) is 0 Å². The molecule has 0 saturated heterocycles. The van der Waals surface area contributed by atoms with Gasteiger partial charge in [-0.05, 0) is 35.4 Å². The first-order valence-electron chi connectivity index (χ1n) is 6.69. The molecule has 1 heterocycles. The van der Waals surface area contributed by atoms with Crippen LogP contribution in [0.1, 0.15) is 0 Å². The zero-order chi connectivity index (χ0) is 15.9. The normalized spacial score (nSPS) is 11.3. The van der Waals surface area contributed by atoms with Crippen LogP contribution in [0.5, 0.6) is 0 Å². The molecule has 1 aromatic heterocycles. The third-order valence-electron chi connectivity index (χ3n) is 3.44. The number of hydrogen-bond donors (Lipinski definition) is 1. The fraction of sp³-hybridized carbons (Fsp3) is 0.125. The lowest BCUT2D eigenvalue weighted by atomic mass is 10.0. The van der Waals surface area contributed by atoms with Gasteiger partial charge in [-0.2, -0.15) is 0 Å². The third kappa shape index (κ3) is 3.50. The maximum atomic E-state index is 11.5. The molecule has 3 rings (SSSR count). The molecule has 0 aliphatic carbocycles. The molecule has 0 aliphatic heterocycles. The van der Waals surface area contributed by atoms with E-state index in [0.29, 0.717) is 0 Å². The van der Waals surface area contributed by atoms with Crippen LogP contribution in [0.25, 0.3) is 22.1 Å². The number of furan rings is 1. The molecule has 2 aromatic carbocycles. The Kier molecular flexibility index (Phi) is 4.70. The van der Waals surface area contributed by atoms with E-state index in [1.54, 1.807) is 12.1 Å². The zero-order valence-electron chi connectivity index (χ0n) is 12.7. The van der Waals surface area contributed by atoms with Crippen molar-refractivity contribution in [1.82, 2.24) is 0 Å². The summed E-state index contributed by atoms with van der Waals surface area (Å²) in [6, 6.07) is 14.3. The van der Waals surface area contributed by atoms with Gasteiger partial charge in [0, 0.05) is 25.5 Å². The summed E-state index contributed by atoms with van der Waals surface area (Å²) in [7, 11) is 0.114. The molecule has 0 bridgehead atoms. The molecule has 0 amide bonds. The van der Waals surface area contributed by atoms with Gasteiger partial charge in [0.05, 0.1) is 4.90 Å². The molecule has 0 spiro atoms. The second-order valence-corrected chi connectivity index (χ2v) is 6.87. The minimum absolute atomic E-state index is 0. The molecule has 0 atom stereocenters. The van der Waals surface area contributed by atoms with E-state index in [0.717, 1.165) is 28.0 Å². The van der Waals surface area contributed by atoms with E-state index in [2.05, 4.69) is 0 Å². The molecule has 5 nitrogen and oxygen atoms in total. The molecule has 7 heteroatoms. The number of hydrogen-bond acceptors (Lipinski definition) is 4. The van der Waals surface area contributed by atoms with Gasteiger partial charge >= 0.3 is 0 Å². The summed E-state index contributed by atoms with van der Waals surface area (Å²) in [4.78, 5) is 1.99. The van der Waals surface area contributed by atoms with E-state index in [4.69, 9.17) is 9.56 Å². The number of sulfonamides is 1. The number of nitrogens with two attached hydrogens (primary N) is 1. The Labute approximate surface area is 141 Å². The highest BCUT2D eigenvalue weighted by molar-refractivity contribution is 7.89. The predicted molar refractivity (Wildman–Crippen MR) is 94.6 cm³/mol. The van der Waals surface area contributed by atoms with Gasteiger partial charge in [0.25, 0.3) is 0 Å². The number of benzene rings is 2. The summed E-state index contributed by atoms with van der Waals surface area (Å²) in [5.74, 6) is 0.769. The summed E-state index contributed by atoms with van der Waals surface area (Å²) in [5.41, 5.74) is 2.49. The average molecular weight is 353 g/mol. The van der Waals surface area contributed by atoms with Crippen molar-refractivity contribution in [2.45, 2.75) is 4.90 Å². The van der Waals surface area contributed by atoms with E-state index < -0.39 is 10.0 Å². The smallest absolute Gasteiger partial charge is 0.238 e. The van der Waals surface area contributed by atoms with Crippen LogP contribution in [-0.4, -0.2) is 22.5 Å². The highest BCUT2D eigenvalue weighted by Gasteiger charge is 2.10. The molecule has 0 saturated carbocycles. The molecule has 3 aromatic rings. The van der Waals surface area contributed by atoms with Crippen LogP contribution in [0.15, 0.2) is 57.8 Å². The van der Waals surface area contributed by atoms with Crippen molar-refractivity contribution in [3.05, 3.63) is 48.5 Å². The number of rotatable bonds is 3. The minimum Gasteiger partial charge on any atom is -0.441 e. The van der Waals surface area contributed by atoms with Gasteiger partial charge in [-0.3, -0.25) is 0 Å². The maximum absolute atomic E-state index is 11.5. The third-order valence-corrected chi connectivity index (χ3v) is 4.35. The van der Waals surface area contributed by atoms with E-state index in [9.17, 15) is 8.42 Å². The lowest BCUT2D eigenvalue weighted by Crippen LogP contribution is -2.11. The van der Waals surface area contributed by atoms with Gasteiger partial charge < -0.3 is 9.32 Å². The fourth-order valence-electron chi connectivity index (χ4n) is 2.28. The topological polar surface area (TPSA) is 76.5 Å². The van der Waals surface area contributed by atoms with Gasteiger partial charge in [-0.25, -0.2) is 13.6 Å². The largest absolute Gasteiger partial charge is 0.441 e. The van der Waals surface area contributed by atoms with E-state index >= 15 is 0 Å². The number of anilines is 1. The molecule has 23 heavy (non-hydrogen) atoms. The highest BCUT2D eigenvalue weighted by atomic mass is 35.5. The highest BCUT2D eigenvalue weighted by Crippen LogP contribution is 2.30. The quantitative estimate of drug-likeness (QED) is 0.785. The Morgan fingerprint density at radius 1 is 1.00 bits per heavy atom. The predicted octanol–water partition coefficient (Wildman–Crippen LogP) is 3.24. The Morgan fingerprint density at radius 2 is 1.70 bits per heavy atom. The Bertz CT molecular complexity index is 949. The number of primary sulfonamides is 1. The summed E-state index contributed by atoms with van der Waals surface area (Å²) in [5, 5.41) is 6.14. The zero-order valence-corrected chi connectivity index (χ0v) is 14.3. The van der Waals surface area contributed by atoms with E-state index in [1.807, 2.05) is 49.3 Å². The molecule has 2 N–H and O–H groups in total. The van der Waals surface area contributed by atoms with Crippen LogP contribution < -0.4 is 10.0 Å². The van der Waals surface area contributed by atoms with Gasteiger partial charge in [0.15, 0.2) is 5.88 Å². The first-order chi connectivity index (χ1) is 10.3. The van der Waals surface area contributed by atoms with Gasteiger partial charge in [-0.15, -0.1) is 12.4 Å². The molecule has 0 unspecified atom stereocenters. The summed E-state index contributed by atoms with van der Waals surface area (Å²) in [6.45, 7) is 0. The molecular formula is C16H17ClN2O3S.